The number of hydrogen-bond acceptors (Lipinski definition) is 5. The Balaban J connectivity index is 2.00. The first-order valence-electron chi connectivity index (χ1n) is 6.43. The second-order valence-corrected chi connectivity index (χ2v) is 6.69. The van der Waals surface area contributed by atoms with Crippen LogP contribution in [0.3, 0.4) is 0 Å². The van der Waals surface area contributed by atoms with E-state index in [0.717, 1.165) is 12.8 Å². The van der Waals surface area contributed by atoms with Crippen molar-refractivity contribution >= 4 is 21.6 Å². The molecule has 1 heterocycles. The molecule has 0 bridgehead atoms. The first-order valence-corrected chi connectivity index (χ1v) is 8.14. The molecule has 116 valence electrons. The van der Waals surface area contributed by atoms with Crippen LogP contribution >= 0.6 is 0 Å². The second kappa shape index (κ2) is 5.82. The normalized spacial score (nSPS) is 14.9. The molecule has 21 heavy (non-hydrogen) atoms. The molecule has 1 amide bonds. The highest BCUT2D eigenvalue weighted by molar-refractivity contribution is 7.89. The number of amides is 1. The largest absolute Gasteiger partial charge is 0.351 e. The van der Waals surface area contributed by atoms with E-state index in [2.05, 4.69) is 5.32 Å². The molecule has 0 spiro atoms. The third kappa shape index (κ3) is 4.26. The van der Waals surface area contributed by atoms with Crippen molar-refractivity contribution in [1.29, 1.82) is 0 Å². The number of nitrogens with one attached hydrogen (secondary N) is 1. The minimum atomic E-state index is -3.55. The molecule has 1 aromatic rings. The molecule has 0 saturated heterocycles. The fourth-order valence-corrected chi connectivity index (χ4v) is 2.51. The molecule has 0 aromatic carbocycles. The molecule has 0 atom stereocenters. The summed E-state index contributed by atoms with van der Waals surface area (Å²) in [6.07, 6.45) is 3.32. The van der Waals surface area contributed by atoms with Crippen molar-refractivity contribution < 1.29 is 18.1 Å². The van der Waals surface area contributed by atoms with Gasteiger partial charge in [-0.25, -0.2) is 13.6 Å². The maximum atomic E-state index is 12.0. The van der Waals surface area contributed by atoms with E-state index >= 15 is 0 Å². The molecule has 0 aliphatic heterocycles. The number of nitro groups is 1. The minimum absolute atomic E-state index is 0.128. The Morgan fingerprint density at radius 2 is 2.19 bits per heavy atom. The van der Waals surface area contributed by atoms with Crippen LogP contribution in [0.15, 0.2) is 12.3 Å². The van der Waals surface area contributed by atoms with Gasteiger partial charge in [-0.15, -0.1) is 0 Å². The summed E-state index contributed by atoms with van der Waals surface area (Å²) in [5, 5.41) is 18.2. The fourth-order valence-electron chi connectivity index (χ4n) is 1.97. The summed E-state index contributed by atoms with van der Waals surface area (Å²) in [7, 11) is -3.55. The molecule has 0 unspecified atom stereocenters. The van der Waals surface area contributed by atoms with Gasteiger partial charge < -0.3 is 9.88 Å². The van der Waals surface area contributed by atoms with E-state index in [-0.39, 0.29) is 36.1 Å². The van der Waals surface area contributed by atoms with Crippen molar-refractivity contribution in [3.8, 4) is 0 Å². The molecule has 1 aliphatic carbocycles. The van der Waals surface area contributed by atoms with Crippen LogP contribution in [0, 0.1) is 10.1 Å². The summed E-state index contributed by atoms with van der Waals surface area (Å²) < 4.78 is 23.1. The van der Waals surface area contributed by atoms with Crippen LogP contribution in [-0.2, 0) is 10.0 Å². The fraction of sp³-hybridized carbons (Fsp3) is 0.545. The van der Waals surface area contributed by atoms with Crippen LogP contribution in [0.1, 0.15) is 35.8 Å². The smallest absolute Gasteiger partial charge is 0.287 e. The Morgan fingerprint density at radius 1 is 1.52 bits per heavy atom. The average molecular weight is 316 g/mol. The first-order chi connectivity index (χ1) is 9.78. The summed E-state index contributed by atoms with van der Waals surface area (Å²) in [6.45, 7) is 0.138. The Bertz CT molecular complexity index is 662. The lowest BCUT2D eigenvalue weighted by Crippen LogP contribution is -2.28. The van der Waals surface area contributed by atoms with Gasteiger partial charge in [0, 0.05) is 18.7 Å². The quantitative estimate of drug-likeness (QED) is 0.418. The van der Waals surface area contributed by atoms with Gasteiger partial charge in [-0.05, 0) is 19.3 Å². The van der Waals surface area contributed by atoms with Crippen LogP contribution in [0.25, 0.3) is 0 Å². The number of sulfonamides is 1. The number of primary sulfonamides is 1. The van der Waals surface area contributed by atoms with Gasteiger partial charge in [-0.1, -0.05) is 0 Å². The van der Waals surface area contributed by atoms with Crippen molar-refractivity contribution in [2.24, 2.45) is 5.14 Å². The summed E-state index contributed by atoms with van der Waals surface area (Å²) in [5.74, 6) is -0.679. The van der Waals surface area contributed by atoms with E-state index < -0.39 is 20.9 Å². The highest BCUT2D eigenvalue weighted by atomic mass is 32.2. The average Bonchev–Trinajstić information content (AvgIpc) is 3.11. The van der Waals surface area contributed by atoms with Gasteiger partial charge in [0.25, 0.3) is 11.6 Å². The summed E-state index contributed by atoms with van der Waals surface area (Å²) in [6, 6.07) is 1.36. The summed E-state index contributed by atoms with van der Waals surface area (Å²) in [5.41, 5.74) is 0.0939. The number of carbonyl (C=O) groups is 1. The van der Waals surface area contributed by atoms with Crippen molar-refractivity contribution in [3.05, 3.63) is 28.1 Å². The number of hydrogen-bond donors (Lipinski definition) is 2. The maximum Gasteiger partial charge on any atom is 0.287 e. The first kappa shape index (κ1) is 15.4. The van der Waals surface area contributed by atoms with Gasteiger partial charge in [0.1, 0.15) is 5.69 Å². The van der Waals surface area contributed by atoms with E-state index in [1.807, 2.05) is 0 Å². The molecule has 1 aliphatic rings. The lowest BCUT2D eigenvalue weighted by atomic mass is 10.3. The number of nitrogens with zero attached hydrogens (tertiary/aromatic N) is 2. The van der Waals surface area contributed by atoms with Crippen molar-refractivity contribution in [1.82, 2.24) is 9.88 Å². The molecular weight excluding hydrogens is 300 g/mol. The topological polar surface area (TPSA) is 137 Å². The predicted octanol–water partition coefficient (Wildman–Crippen LogP) is 0.140. The molecule has 0 radical (unpaired) electrons. The predicted molar refractivity (Wildman–Crippen MR) is 74.3 cm³/mol. The zero-order valence-corrected chi connectivity index (χ0v) is 12.0. The standard InChI is InChI=1S/C11H16N4O5S/c12-21(19,20)5-1-4-13-11(16)10-6-9(15(17)18)7-14(10)8-2-3-8/h6-8H,1-5H2,(H,13,16)(H2,12,19,20). The molecule has 1 fully saturated rings. The summed E-state index contributed by atoms with van der Waals surface area (Å²) in [4.78, 5) is 22.3. The maximum absolute atomic E-state index is 12.0. The zero-order chi connectivity index (χ0) is 15.6. The van der Waals surface area contributed by atoms with E-state index in [1.54, 1.807) is 4.57 Å². The zero-order valence-electron chi connectivity index (χ0n) is 11.2. The van der Waals surface area contributed by atoms with E-state index in [4.69, 9.17) is 5.14 Å². The SMILES string of the molecule is NS(=O)(=O)CCCNC(=O)c1cc([N+](=O)[O-])cn1C1CC1. The third-order valence-electron chi connectivity index (χ3n) is 3.11. The number of rotatable bonds is 7. The van der Waals surface area contributed by atoms with Gasteiger partial charge in [0.2, 0.25) is 10.0 Å². The highest BCUT2D eigenvalue weighted by Crippen LogP contribution is 2.37. The third-order valence-corrected chi connectivity index (χ3v) is 3.97. The summed E-state index contributed by atoms with van der Waals surface area (Å²) >= 11 is 0. The van der Waals surface area contributed by atoms with Gasteiger partial charge in [-0.2, -0.15) is 0 Å². The van der Waals surface area contributed by atoms with Crippen molar-refractivity contribution in [2.75, 3.05) is 12.3 Å². The highest BCUT2D eigenvalue weighted by Gasteiger charge is 2.30. The van der Waals surface area contributed by atoms with Crippen molar-refractivity contribution in [2.45, 2.75) is 25.3 Å². The van der Waals surface area contributed by atoms with E-state index in [9.17, 15) is 23.3 Å². The van der Waals surface area contributed by atoms with E-state index in [1.165, 1.54) is 12.3 Å². The molecule has 10 heteroatoms. The Labute approximate surface area is 121 Å². The van der Waals surface area contributed by atoms with Gasteiger partial charge in [-0.3, -0.25) is 14.9 Å². The van der Waals surface area contributed by atoms with Crippen LogP contribution in [0.4, 0.5) is 5.69 Å². The number of nitrogens with two attached hydrogens (primary N) is 1. The van der Waals surface area contributed by atoms with Crippen LogP contribution < -0.4 is 10.5 Å². The van der Waals surface area contributed by atoms with Crippen LogP contribution in [-0.4, -0.2) is 36.1 Å². The Hall–Kier alpha value is -1.94. The number of aromatic nitrogens is 1. The van der Waals surface area contributed by atoms with Gasteiger partial charge in [0.15, 0.2) is 0 Å². The monoisotopic (exact) mass is 316 g/mol. The molecule has 1 saturated carbocycles. The van der Waals surface area contributed by atoms with E-state index in [0.29, 0.717) is 0 Å². The van der Waals surface area contributed by atoms with Gasteiger partial charge >= 0.3 is 0 Å². The molecule has 9 nitrogen and oxygen atoms in total. The molecule has 1 aromatic heterocycles. The Kier molecular flexibility index (Phi) is 4.28. The molecule has 3 N–H and O–H groups in total. The second-order valence-electron chi connectivity index (χ2n) is 4.96. The van der Waals surface area contributed by atoms with Crippen molar-refractivity contribution in [3.63, 3.8) is 0 Å². The van der Waals surface area contributed by atoms with Crippen LogP contribution in [0.2, 0.25) is 0 Å². The van der Waals surface area contributed by atoms with Crippen LogP contribution in [0.5, 0.6) is 0 Å². The minimum Gasteiger partial charge on any atom is -0.351 e. The lowest BCUT2D eigenvalue weighted by molar-refractivity contribution is -0.384. The molecule has 2 rings (SSSR count). The lowest BCUT2D eigenvalue weighted by Gasteiger charge is -2.07. The Morgan fingerprint density at radius 3 is 2.71 bits per heavy atom. The number of carbonyl (C=O) groups excluding carboxylic acids is 1. The van der Waals surface area contributed by atoms with Gasteiger partial charge in [0.05, 0.1) is 16.9 Å². The molecular formula is C11H16N4O5S.